The van der Waals surface area contributed by atoms with Gasteiger partial charge in [0.25, 0.3) is 5.78 Å². The molecule has 0 aliphatic heterocycles. The van der Waals surface area contributed by atoms with Crippen LogP contribution >= 0.6 is 31.9 Å². The summed E-state index contributed by atoms with van der Waals surface area (Å²) in [5, 5.41) is 27.3. The third kappa shape index (κ3) is 3.31. The number of carbonyl (C=O) groups is 2. The fraction of sp³-hybridized carbons (Fsp3) is 0. The molecule has 0 amide bonds. The number of hydrogen-bond acceptors (Lipinski definition) is 4. The summed E-state index contributed by atoms with van der Waals surface area (Å²) >= 11 is 6.08. The lowest BCUT2D eigenvalue weighted by Crippen LogP contribution is -2.09. The van der Waals surface area contributed by atoms with Gasteiger partial charge in [0.15, 0.2) is 0 Å². The molecule has 0 radical (unpaired) electrons. The first-order chi connectivity index (χ1) is 7.82. The van der Waals surface area contributed by atoms with Crippen molar-refractivity contribution in [3.05, 3.63) is 32.7 Å². The molecule has 0 fully saturated rings. The molecule has 5 nitrogen and oxygen atoms in total. The minimum absolute atomic E-state index is 0.0638. The number of aliphatic hydroxyl groups is 1. The van der Waals surface area contributed by atoms with E-state index in [-0.39, 0.29) is 11.3 Å². The van der Waals surface area contributed by atoms with Crippen LogP contribution in [0.5, 0.6) is 5.75 Å². The molecular formula is C10H6Br2O5. The summed E-state index contributed by atoms with van der Waals surface area (Å²) in [5.74, 6) is -3.46. The highest BCUT2D eigenvalue weighted by Crippen LogP contribution is 2.34. The molecule has 0 aromatic heterocycles. The van der Waals surface area contributed by atoms with Gasteiger partial charge in [-0.3, -0.25) is 4.79 Å². The van der Waals surface area contributed by atoms with Crippen LogP contribution in [0.4, 0.5) is 0 Å². The van der Waals surface area contributed by atoms with Crippen molar-refractivity contribution < 1.29 is 24.9 Å². The standard InChI is InChI=1S/C10H6Br2O5/c11-5-1-4(2-6(12)9(5)15)7(13)3-8(14)10(16)17/h1-3,13,15H,(H,16,17)/b7-3-. The van der Waals surface area contributed by atoms with Crippen molar-refractivity contribution in [2.24, 2.45) is 0 Å². The van der Waals surface area contributed by atoms with Crippen molar-refractivity contribution in [1.29, 1.82) is 0 Å². The first-order valence-electron chi connectivity index (χ1n) is 4.19. The van der Waals surface area contributed by atoms with Gasteiger partial charge < -0.3 is 15.3 Å². The summed E-state index contributed by atoms with van der Waals surface area (Å²) in [6, 6.07) is 2.70. The largest absolute Gasteiger partial charge is 0.507 e. The molecule has 0 heterocycles. The minimum Gasteiger partial charge on any atom is -0.507 e. The van der Waals surface area contributed by atoms with E-state index in [9.17, 15) is 19.8 Å². The fourth-order valence-electron chi connectivity index (χ4n) is 0.983. The molecule has 0 aliphatic carbocycles. The van der Waals surface area contributed by atoms with Gasteiger partial charge in [-0.05, 0) is 44.0 Å². The van der Waals surface area contributed by atoms with Crippen LogP contribution in [0.25, 0.3) is 5.76 Å². The normalized spacial score (nSPS) is 11.3. The van der Waals surface area contributed by atoms with E-state index >= 15 is 0 Å². The van der Waals surface area contributed by atoms with Crippen molar-refractivity contribution >= 4 is 49.4 Å². The van der Waals surface area contributed by atoms with Crippen LogP contribution in [0.3, 0.4) is 0 Å². The second kappa shape index (κ2) is 5.33. The first-order valence-corrected chi connectivity index (χ1v) is 5.78. The number of carboxylic acids is 1. The highest BCUT2D eigenvalue weighted by atomic mass is 79.9. The molecule has 0 saturated heterocycles. The zero-order valence-corrected chi connectivity index (χ0v) is 11.3. The van der Waals surface area contributed by atoms with E-state index in [1.807, 2.05) is 0 Å². The number of rotatable bonds is 3. The number of phenols is 1. The van der Waals surface area contributed by atoms with E-state index in [0.717, 1.165) is 0 Å². The van der Waals surface area contributed by atoms with Crippen molar-refractivity contribution in [3.63, 3.8) is 0 Å². The summed E-state index contributed by atoms with van der Waals surface area (Å²) < 4.78 is 0.592. The Bertz CT molecular complexity index is 498. The van der Waals surface area contributed by atoms with Crippen molar-refractivity contribution in [3.8, 4) is 5.75 Å². The molecule has 0 spiro atoms. The molecule has 1 aromatic rings. The highest BCUT2D eigenvalue weighted by molar-refractivity contribution is 9.11. The molecule has 0 saturated carbocycles. The topological polar surface area (TPSA) is 94.8 Å². The molecule has 7 heteroatoms. The van der Waals surface area contributed by atoms with Crippen molar-refractivity contribution in [2.75, 3.05) is 0 Å². The Kier molecular flexibility index (Phi) is 4.30. The molecule has 3 N–H and O–H groups in total. The summed E-state index contributed by atoms with van der Waals surface area (Å²) in [6.45, 7) is 0. The molecule has 17 heavy (non-hydrogen) atoms. The van der Waals surface area contributed by atoms with E-state index in [0.29, 0.717) is 15.0 Å². The number of ketones is 1. The third-order valence-corrected chi connectivity index (χ3v) is 3.00. The van der Waals surface area contributed by atoms with Crippen LogP contribution in [-0.2, 0) is 9.59 Å². The lowest BCUT2D eigenvalue weighted by molar-refractivity contribution is -0.146. The number of benzene rings is 1. The predicted octanol–water partition coefficient (Wildman–Crippen LogP) is 2.47. The van der Waals surface area contributed by atoms with Gasteiger partial charge in [-0.15, -0.1) is 0 Å². The lowest BCUT2D eigenvalue weighted by Gasteiger charge is -2.04. The number of aliphatic hydroxyl groups excluding tert-OH is 1. The highest BCUT2D eigenvalue weighted by Gasteiger charge is 2.13. The van der Waals surface area contributed by atoms with Crippen LogP contribution in [0.1, 0.15) is 5.56 Å². The zero-order chi connectivity index (χ0) is 13.2. The maximum atomic E-state index is 10.9. The Balaban J connectivity index is 3.18. The summed E-state index contributed by atoms with van der Waals surface area (Å²) in [5.41, 5.74) is 0.191. The molecule has 1 aromatic carbocycles. The molecule has 0 aliphatic rings. The van der Waals surface area contributed by atoms with Crippen LogP contribution in [0.2, 0.25) is 0 Å². The fourth-order valence-corrected chi connectivity index (χ4v) is 2.17. The Morgan fingerprint density at radius 3 is 2.00 bits per heavy atom. The molecule has 1 rings (SSSR count). The Labute approximate surface area is 113 Å². The van der Waals surface area contributed by atoms with Crippen molar-refractivity contribution in [2.45, 2.75) is 0 Å². The Morgan fingerprint density at radius 2 is 1.59 bits per heavy atom. The first kappa shape index (κ1) is 13.7. The van der Waals surface area contributed by atoms with Gasteiger partial charge in [-0.1, -0.05) is 0 Å². The van der Waals surface area contributed by atoms with Crippen LogP contribution < -0.4 is 0 Å². The van der Waals surface area contributed by atoms with E-state index in [4.69, 9.17) is 5.11 Å². The third-order valence-electron chi connectivity index (χ3n) is 1.79. The number of hydrogen-bond donors (Lipinski definition) is 3. The minimum atomic E-state index is -1.66. The Morgan fingerprint density at radius 1 is 1.12 bits per heavy atom. The molecule has 0 unspecified atom stereocenters. The maximum Gasteiger partial charge on any atom is 0.376 e. The second-order valence-corrected chi connectivity index (χ2v) is 4.70. The average molecular weight is 366 g/mol. The van der Waals surface area contributed by atoms with Gasteiger partial charge in [0.2, 0.25) is 0 Å². The second-order valence-electron chi connectivity index (χ2n) is 2.99. The van der Waals surface area contributed by atoms with Gasteiger partial charge in [-0.25, -0.2) is 4.79 Å². The number of aromatic hydroxyl groups is 1. The lowest BCUT2D eigenvalue weighted by atomic mass is 10.1. The average Bonchev–Trinajstić information content (AvgIpc) is 2.24. The number of carboxylic acid groups (broad SMARTS) is 1. The SMILES string of the molecule is O=C(O)C(=O)/C=C(\O)c1cc(Br)c(O)c(Br)c1. The maximum absolute atomic E-state index is 10.9. The molecule has 90 valence electrons. The van der Waals surface area contributed by atoms with Gasteiger partial charge >= 0.3 is 5.97 Å². The van der Waals surface area contributed by atoms with E-state index in [1.54, 1.807) is 0 Å². The van der Waals surface area contributed by atoms with Crippen LogP contribution in [0.15, 0.2) is 27.2 Å². The molecule has 0 atom stereocenters. The van der Waals surface area contributed by atoms with Gasteiger partial charge in [0.1, 0.15) is 11.5 Å². The monoisotopic (exact) mass is 364 g/mol. The summed E-state index contributed by atoms with van der Waals surface area (Å²) in [4.78, 5) is 21.1. The van der Waals surface area contributed by atoms with Gasteiger partial charge in [0.05, 0.1) is 8.95 Å². The number of halogens is 2. The van der Waals surface area contributed by atoms with Crippen LogP contribution in [0, 0.1) is 0 Å². The van der Waals surface area contributed by atoms with E-state index in [1.165, 1.54) is 12.1 Å². The molecular weight excluding hydrogens is 360 g/mol. The van der Waals surface area contributed by atoms with E-state index in [2.05, 4.69) is 31.9 Å². The number of carbonyl (C=O) groups excluding carboxylic acids is 1. The number of aliphatic carboxylic acids is 1. The predicted molar refractivity (Wildman–Crippen MR) is 66.8 cm³/mol. The summed E-state index contributed by atoms with van der Waals surface area (Å²) in [6.07, 6.45) is 0.591. The van der Waals surface area contributed by atoms with Gasteiger partial charge in [-0.2, -0.15) is 0 Å². The smallest absolute Gasteiger partial charge is 0.376 e. The summed E-state index contributed by atoms with van der Waals surface area (Å²) in [7, 11) is 0. The van der Waals surface area contributed by atoms with Crippen LogP contribution in [-0.4, -0.2) is 27.1 Å². The molecule has 0 bridgehead atoms. The Hall–Kier alpha value is -1.34. The van der Waals surface area contributed by atoms with E-state index < -0.39 is 17.5 Å². The quantitative estimate of drug-likeness (QED) is 0.434. The zero-order valence-electron chi connectivity index (χ0n) is 8.15. The number of phenolic OH excluding ortho intramolecular Hbond substituents is 1. The van der Waals surface area contributed by atoms with Crippen molar-refractivity contribution in [1.82, 2.24) is 0 Å². The van der Waals surface area contributed by atoms with Gasteiger partial charge in [0, 0.05) is 11.6 Å².